The first-order valence-corrected chi connectivity index (χ1v) is 9.28. The summed E-state index contributed by atoms with van der Waals surface area (Å²) in [5.74, 6) is -0.210. The van der Waals surface area contributed by atoms with E-state index in [1.807, 2.05) is 24.3 Å². The van der Waals surface area contributed by atoms with Gasteiger partial charge in [-0.2, -0.15) is 0 Å². The summed E-state index contributed by atoms with van der Waals surface area (Å²) < 4.78 is 6.83. The topological polar surface area (TPSA) is 102 Å². The van der Waals surface area contributed by atoms with E-state index in [1.54, 1.807) is 33.8 Å². The van der Waals surface area contributed by atoms with Crippen molar-refractivity contribution in [2.45, 2.75) is 6.42 Å². The lowest BCUT2D eigenvalue weighted by molar-refractivity contribution is -0.115. The maximum absolute atomic E-state index is 12.6. The van der Waals surface area contributed by atoms with Gasteiger partial charge >= 0.3 is 0 Å². The largest absolute Gasteiger partial charge is 0.378 e. The second kappa shape index (κ2) is 8.61. The molecular formula is C20H20N6O3. The zero-order valence-electron chi connectivity index (χ0n) is 15.7. The van der Waals surface area contributed by atoms with Crippen molar-refractivity contribution in [2.24, 2.45) is 0 Å². The summed E-state index contributed by atoms with van der Waals surface area (Å²) in [7, 11) is 0. The molecule has 9 nitrogen and oxygen atoms in total. The monoisotopic (exact) mass is 392 g/mol. The highest BCUT2D eigenvalue weighted by Crippen LogP contribution is 2.15. The summed E-state index contributed by atoms with van der Waals surface area (Å²) in [6.07, 6.45) is 1.73. The number of morpholine rings is 1. The molecule has 0 spiro atoms. The number of aromatic nitrogens is 4. The van der Waals surface area contributed by atoms with Crippen LogP contribution in [0.2, 0.25) is 0 Å². The minimum Gasteiger partial charge on any atom is -0.378 e. The quantitative estimate of drug-likeness (QED) is 0.703. The Morgan fingerprint density at radius 2 is 1.86 bits per heavy atom. The minimum absolute atomic E-state index is 0.0532. The van der Waals surface area contributed by atoms with Crippen LogP contribution < -0.4 is 5.32 Å². The molecule has 2 aromatic carbocycles. The average Bonchev–Trinajstić information content (AvgIpc) is 3.29. The lowest BCUT2D eigenvalue weighted by Gasteiger charge is -2.27. The average molecular weight is 392 g/mol. The van der Waals surface area contributed by atoms with Crippen LogP contribution in [-0.4, -0.2) is 63.2 Å². The van der Waals surface area contributed by atoms with Gasteiger partial charge in [0.15, 0.2) is 0 Å². The molecule has 148 valence electrons. The number of carbonyl (C=O) groups is 2. The van der Waals surface area contributed by atoms with Gasteiger partial charge in [-0.25, -0.2) is 4.68 Å². The third-order valence-electron chi connectivity index (χ3n) is 4.61. The van der Waals surface area contributed by atoms with Gasteiger partial charge in [-0.15, -0.1) is 5.10 Å². The first-order valence-electron chi connectivity index (χ1n) is 9.28. The molecule has 0 radical (unpaired) electrons. The predicted octanol–water partition coefficient (Wildman–Crippen LogP) is 1.32. The SMILES string of the molecule is O=C(Cc1ccc(-n2cnnn2)cc1)Nc1cccc(C(=O)N2CCOCC2)c1. The van der Waals surface area contributed by atoms with Gasteiger partial charge in [0.25, 0.3) is 5.91 Å². The van der Waals surface area contributed by atoms with E-state index >= 15 is 0 Å². The Kier molecular flexibility index (Phi) is 5.57. The fourth-order valence-electron chi connectivity index (χ4n) is 3.12. The van der Waals surface area contributed by atoms with Crippen LogP contribution in [0, 0.1) is 0 Å². The van der Waals surface area contributed by atoms with Crippen molar-refractivity contribution in [2.75, 3.05) is 31.6 Å². The van der Waals surface area contributed by atoms with Gasteiger partial charge in [0.1, 0.15) is 6.33 Å². The Morgan fingerprint density at radius 1 is 1.07 bits per heavy atom. The zero-order chi connectivity index (χ0) is 20.1. The van der Waals surface area contributed by atoms with E-state index in [9.17, 15) is 9.59 Å². The van der Waals surface area contributed by atoms with Crippen LogP contribution in [-0.2, 0) is 16.0 Å². The Bertz CT molecular complexity index is 982. The smallest absolute Gasteiger partial charge is 0.254 e. The Hall–Kier alpha value is -3.59. The fraction of sp³-hybridized carbons (Fsp3) is 0.250. The summed E-state index contributed by atoms with van der Waals surface area (Å²) in [5, 5.41) is 13.9. The van der Waals surface area contributed by atoms with Crippen molar-refractivity contribution < 1.29 is 14.3 Å². The van der Waals surface area contributed by atoms with Gasteiger partial charge < -0.3 is 15.0 Å². The molecular weight excluding hydrogens is 372 g/mol. The molecule has 29 heavy (non-hydrogen) atoms. The molecule has 0 saturated carbocycles. The number of anilines is 1. The van der Waals surface area contributed by atoms with Gasteiger partial charge in [0.05, 0.1) is 25.3 Å². The van der Waals surface area contributed by atoms with Crippen molar-refractivity contribution in [1.82, 2.24) is 25.1 Å². The van der Waals surface area contributed by atoms with E-state index in [2.05, 4.69) is 20.8 Å². The molecule has 0 atom stereocenters. The van der Waals surface area contributed by atoms with E-state index < -0.39 is 0 Å². The molecule has 1 saturated heterocycles. The first kappa shape index (κ1) is 18.8. The van der Waals surface area contributed by atoms with Crippen LogP contribution in [0.15, 0.2) is 54.9 Å². The highest BCUT2D eigenvalue weighted by Gasteiger charge is 2.18. The molecule has 1 N–H and O–H groups in total. The molecule has 3 aromatic rings. The zero-order valence-corrected chi connectivity index (χ0v) is 15.7. The number of amides is 2. The number of benzene rings is 2. The third kappa shape index (κ3) is 4.64. The number of rotatable bonds is 5. The molecule has 9 heteroatoms. The van der Waals surface area contributed by atoms with Crippen LogP contribution in [0.1, 0.15) is 15.9 Å². The van der Waals surface area contributed by atoms with Crippen molar-refractivity contribution >= 4 is 17.5 Å². The van der Waals surface area contributed by atoms with Crippen molar-refractivity contribution in [3.8, 4) is 5.69 Å². The molecule has 1 aliphatic rings. The molecule has 1 fully saturated rings. The Balaban J connectivity index is 1.37. The lowest BCUT2D eigenvalue weighted by Crippen LogP contribution is -2.40. The van der Waals surface area contributed by atoms with Gasteiger partial charge in [0.2, 0.25) is 5.91 Å². The second-order valence-corrected chi connectivity index (χ2v) is 6.63. The van der Waals surface area contributed by atoms with Gasteiger partial charge in [0, 0.05) is 24.3 Å². The maximum Gasteiger partial charge on any atom is 0.254 e. The van der Waals surface area contributed by atoms with E-state index in [-0.39, 0.29) is 18.2 Å². The number of tetrazole rings is 1. The molecule has 0 bridgehead atoms. The predicted molar refractivity (Wildman–Crippen MR) is 105 cm³/mol. The maximum atomic E-state index is 12.6. The van der Waals surface area contributed by atoms with Crippen molar-refractivity contribution in [3.63, 3.8) is 0 Å². The van der Waals surface area contributed by atoms with Crippen molar-refractivity contribution in [3.05, 3.63) is 66.0 Å². The summed E-state index contributed by atoms with van der Waals surface area (Å²) in [4.78, 5) is 26.8. The van der Waals surface area contributed by atoms with E-state index in [4.69, 9.17) is 4.74 Å². The van der Waals surface area contributed by atoms with E-state index in [0.29, 0.717) is 37.6 Å². The number of nitrogens with one attached hydrogen (secondary N) is 1. The molecule has 1 aliphatic heterocycles. The van der Waals surface area contributed by atoms with E-state index in [1.165, 1.54) is 6.33 Å². The van der Waals surface area contributed by atoms with Crippen LogP contribution in [0.3, 0.4) is 0 Å². The summed E-state index contributed by atoms with van der Waals surface area (Å²) in [6.45, 7) is 2.26. The number of ether oxygens (including phenoxy) is 1. The van der Waals surface area contributed by atoms with Crippen LogP contribution in [0.4, 0.5) is 5.69 Å². The molecule has 4 rings (SSSR count). The summed E-state index contributed by atoms with van der Waals surface area (Å²) in [6, 6.07) is 14.4. The molecule has 2 amide bonds. The molecule has 0 unspecified atom stereocenters. The Labute approximate surface area is 167 Å². The minimum atomic E-state index is -0.156. The first-order chi connectivity index (χ1) is 14.2. The normalized spacial score (nSPS) is 13.9. The van der Waals surface area contributed by atoms with Crippen LogP contribution >= 0.6 is 0 Å². The number of hydrogen-bond acceptors (Lipinski definition) is 6. The van der Waals surface area contributed by atoms with Crippen molar-refractivity contribution in [1.29, 1.82) is 0 Å². The fourth-order valence-corrected chi connectivity index (χ4v) is 3.12. The molecule has 1 aromatic heterocycles. The van der Waals surface area contributed by atoms with Gasteiger partial charge in [-0.05, 0) is 46.3 Å². The number of hydrogen-bond donors (Lipinski definition) is 1. The van der Waals surface area contributed by atoms with Gasteiger partial charge in [-0.3, -0.25) is 9.59 Å². The summed E-state index contributed by atoms with van der Waals surface area (Å²) >= 11 is 0. The van der Waals surface area contributed by atoms with Crippen LogP contribution in [0.25, 0.3) is 5.69 Å². The lowest BCUT2D eigenvalue weighted by atomic mass is 10.1. The third-order valence-corrected chi connectivity index (χ3v) is 4.61. The van der Waals surface area contributed by atoms with E-state index in [0.717, 1.165) is 11.3 Å². The molecule has 0 aliphatic carbocycles. The summed E-state index contributed by atoms with van der Waals surface area (Å²) in [5.41, 5.74) is 2.82. The molecule has 2 heterocycles. The number of carbonyl (C=O) groups excluding carboxylic acids is 2. The standard InChI is InChI=1S/C20H20N6O3/c27-19(12-15-4-6-18(7-5-15)26-14-21-23-24-26)22-17-3-1-2-16(13-17)20(28)25-8-10-29-11-9-25/h1-7,13-14H,8-12H2,(H,22,27). The highest BCUT2D eigenvalue weighted by atomic mass is 16.5. The van der Waals surface area contributed by atoms with Gasteiger partial charge in [-0.1, -0.05) is 18.2 Å². The second-order valence-electron chi connectivity index (χ2n) is 6.63. The Morgan fingerprint density at radius 3 is 2.59 bits per heavy atom. The highest BCUT2D eigenvalue weighted by molar-refractivity contribution is 5.97. The number of nitrogens with zero attached hydrogens (tertiary/aromatic N) is 5. The van der Waals surface area contributed by atoms with Crippen LogP contribution in [0.5, 0.6) is 0 Å².